The number of hydrogen-bond donors (Lipinski definition) is 1. The van der Waals surface area contributed by atoms with Gasteiger partial charge in [0.1, 0.15) is 0 Å². The minimum Gasteiger partial charge on any atom is -0.381 e. The average molecular weight is 237 g/mol. The molecule has 1 aromatic heterocycles. The summed E-state index contributed by atoms with van der Waals surface area (Å²) >= 11 is 0. The zero-order chi connectivity index (χ0) is 11.5. The van der Waals surface area contributed by atoms with E-state index in [0.29, 0.717) is 12.0 Å². The number of ether oxygens (including phenoxy) is 1. The highest BCUT2D eigenvalue weighted by molar-refractivity contribution is 4.87. The summed E-state index contributed by atoms with van der Waals surface area (Å²) in [6.07, 6.45) is 4.83. The summed E-state index contributed by atoms with van der Waals surface area (Å²) in [5.41, 5.74) is 0. The van der Waals surface area contributed by atoms with E-state index in [1.165, 1.54) is 12.8 Å². The van der Waals surface area contributed by atoms with Crippen molar-refractivity contribution in [1.29, 1.82) is 0 Å². The second-order valence-corrected chi connectivity index (χ2v) is 4.99. The number of rotatable bonds is 5. The maximum Gasteiger partial charge on any atom is 0.165 e. The van der Waals surface area contributed by atoms with E-state index in [-0.39, 0.29) is 0 Å². The zero-order valence-corrected chi connectivity index (χ0v) is 10.0. The van der Waals surface area contributed by atoms with Crippen LogP contribution < -0.4 is 5.32 Å². The summed E-state index contributed by atoms with van der Waals surface area (Å²) < 4.78 is 7.31. The van der Waals surface area contributed by atoms with E-state index in [1.807, 2.05) is 4.68 Å². The Bertz CT molecular complexity index is 356. The van der Waals surface area contributed by atoms with Crippen molar-refractivity contribution in [2.24, 2.45) is 5.92 Å². The smallest absolute Gasteiger partial charge is 0.165 e. The van der Waals surface area contributed by atoms with Crippen LogP contribution in [0.15, 0.2) is 0 Å². The number of aromatic nitrogens is 4. The maximum atomic E-state index is 5.36. The lowest BCUT2D eigenvalue weighted by atomic mass is 10.0. The SMILES string of the molecule is C1CC(Cn2nnnc2CNC2CC2)CCO1. The van der Waals surface area contributed by atoms with Crippen molar-refractivity contribution in [2.45, 2.75) is 44.8 Å². The highest BCUT2D eigenvalue weighted by Gasteiger charge is 2.22. The monoisotopic (exact) mass is 237 g/mol. The molecule has 2 heterocycles. The molecule has 0 radical (unpaired) electrons. The minimum absolute atomic E-state index is 0.659. The molecule has 0 bridgehead atoms. The fourth-order valence-corrected chi connectivity index (χ4v) is 2.19. The van der Waals surface area contributed by atoms with E-state index in [4.69, 9.17) is 4.74 Å². The quantitative estimate of drug-likeness (QED) is 0.800. The zero-order valence-electron chi connectivity index (χ0n) is 10.0. The van der Waals surface area contributed by atoms with Crippen molar-refractivity contribution in [2.75, 3.05) is 13.2 Å². The standard InChI is InChI=1S/C11H19N5O/c1-2-10(1)12-7-11-13-14-15-16(11)8-9-3-5-17-6-4-9/h9-10,12H,1-8H2. The van der Waals surface area contributed by atoms with Gasteiger partial charge in [-0.1, -0.05) is 0 Å². The lowest BCUT2D eigenvalue weighted by molar-refractivity contribution is 0.0596. The normalized spacial score (nSPS) is 21.9. The first-order chi connectivity index (χ1) is 8.42. The van der Waals surface area contributed by atoms with Crippen LogP contribution >= 0.6 is 0 Å². The summed E-state index contributed by atoms with van der Waals surface area (Å²) in [5.74, 6) is 1.62. The molecule has 2 fully saturated rings. The second kappa shape index (κ2) is 5.10. The van der Waals surface area contributed by atoms with E-state index in [0.717, 1.165) is 45.0 Å². The van der Waals surface area contributed by atoms with E-state index >= 15 is 0 Å². The van der Waals surface area contributed by atoms with E-state index in [1.54, 1.807) is 0 Å². The summed E-state index contributed by atoms with van der Waals surface area (Å²) in [4.78, 5) is 0. The molecule has 6 heteroatoms. The Hall–Kier alpha value is -1.01. The Morgan fingerprint density at radius 1 is 1.24 bits per heavy atom. The minimum atomic E-state index is 0.659. The first-order valence-corrected chi connectivity index (χ1v) is 6.48. The van der Waals surface area contributed by atoms with Gasteiger partial charge in [0.05, 0.1) is 6.54 Å². The van der Waals surface area contributed by atoms with Crippen molar-refractivity contribution in [1.82, 2.24) is 25.5 Å². The first-order valence-electron chi connectivity index (χ1n) is 6.48. The molecule has 1 saturated carbocycles. The second-order valence-electron chi connectivity index (χ2n) is 4.99. The van der Waals surface area contributed by atoms with Crippen LogP contribution in [-0.4, -0.2) is 39.5 Å². The van der Waals surface area contributed by atoms with Gasteiger partial charge in [-0.2, -0.15) is 0 Å². The molecule has 0 spiro atoms. The van der Waals surface area contributed by atoms with Crippen molar-refractivity contribution in [3.05, 3.63) is 5.82 Å². The van der Waals surface area contributed by atoms with Crippen LogP contribution in [0.5, 0.6) is 0 Å². The van der Waals surface area contributed by atoms with Crippen LogP contribution in [0.25, 0.3) is 0 Å². The molecule has 0 amide bonds. The van der Waals surface area contributed by atoms with E-state index < -0.39 is 0 Å². The van der Waals surface area contributed by atoms with Gasteiger partial charge in [-0.15, -0.1) is 5.10 Å². The molecule has 1 aliphatic carbocycles. The van der Waals surface area contributed by atoms with Crippen molar-refractivity contribution in [3.63, 3.8) is 0 Å². The molecule has 94 valence electrons. The van der Waals surface area contributed by atoms with Crippen molar-refractivity contribution < 1.29 is 4.74 Å². The number of tetrazole rings is 1. The Balaban J connectivity index is 1.55. The van der Waals surface area contributed by atoms with Gasteiger partial charge in [0.2, 0.25) is 0 Å². The van der Waals surface area contributed by atoms with E-state index in [9.17, 15) is 0 Å². The molecule has 1 N–H and O–H groups in total. The van der Waals surface area contributed by atoms with Crippen molar-refractivity contribution >= 4 is 0 Å². The summed E-state index contributed by atoms with van der Waals surface area (Å²) in [6, 6.07) is 0.697. The fourth-order valence-electron chi connectivity index (χ4n) is 2.19. The molecule has 3 rings (SSSR count). The predicted molar refractivity (Wildman–Crippen MR) is 61.2 cm³/mol. The molecule has 1 aromatic rings. The predicted octanol–water partition coefficient (Wildman–Crippen LogP) is 0.352. The van der Waals surface area contributed by atoms with Crippen LogP contribution in [0.4, 0.5) is 0 Å². The summed E-state index contributed by atoms with van der Waals surface area (Å²) in [6.45, 7) is 3.48. The molecule has 1 saturated heterocycles. The van der Waals surface area contributed by atoms with Crippen LogP contribution in [0, 0.1) is 5.92 Å². The molecule has 1 aliphatic heterocycles. The van der Waals surface area contributed by atoms with Gasteiger partial charge in [0.15, 0.2) is 5.82 Å². The van der Waals surface area contributed by atoms with Crippen molar-refractivity contribution in [3.8, 4) is 0 Å². The Morgan fingerprint density at radius 2 is 2.06 bits per heavy atom. The van der Waals surface area contributed by atoms with Gasteiger partial charge in [-0.05, 0) is 42.0 Å². The fraction of sp³-hybridized carbons (Fsp3) is 0.909. The molecule has 17 heavy (non-hydrogen) atoms. The first kappa shape index (κ1) is 11.1. The topological polar surface area (TPSA) is 64.9 Å². The summed E-state index contributed by atoms with van der Waals surface area (Å²) in [5, 5.41) is 15.4. The maximum absolute atomic E-state index is 5.36. The van der Waals surface area contributed by atoms with Gasteiger partial charge >= 0.3 is 0 Å². The van der Waals surface area contributed by atoms with Gasteiger partial charge < -0.3 is 10.1 Å². The number of hydrogen-bond acceptors (Lipinski definition) is 5. The van der Waals surface area contributed by atoms with Gasteiger partial charge in [-0.25, -0.2) is 4.68 Å². The Labute approximate surface area is 101 Å². The van der Waals surface area contributed by atoms with Gasteiger partial charge in [0, 0.05) is 25.8 Å². The highest BCUT2D eigenvalue weighted by atomic mass is 16.5. The van der Waals surface area contributed by atoms with Crippen LogP contribution in [0.3, 0.4) is 0 Å². The Kier molecular flexibility index (Phi) is 3.33. The highest BCUT2D eigenvalue weighted by Crippen LogP contribution is 2.19. The molecule has 0 atom stereocenters. The van der Waals surface area contributed by atoms with Crippen LogP contribution in [0.1, 0.15) is 31.5 Å². The molecule has 2 aliphatic rings. The van der Waals surface area contributed by atoms with Gasteiger partial charge in [0.25, 0.3) is 0 Å². The third-order valence-electron chi connectivity index (χ3n) is 3.50. The largest absolute Gasteiger partial charge is 0.381 e. The average Bonchev–Trinajstić information content (AvgIpc) is 3.09. The third-order valence-corrected chi connectivity index (χ3v) is 3.50. The molecule has 0 aromatic carbocycles. The molecular weight excluding hydrogens is 218 g/mol. The lowest BCUT2D eigenvalue weighted by Gasteiger charge is -2.21. The molecule has 0 unspecified atom stereocenters. The van der Waals surface area contributed by atoms with Crippen LogP contribution in [-0.2, 0) is 17.8 Å². The molecule has 6 nitrogen and oxygen atoms in total. The third kappa shape index (κ3) is 3.01. The number of nitrogens with zero attached hydrogens (tertiary/aromatic N) is 4. The Morgan fingerprint density at radius 3 is 2.82 bits per heavy atom. The van der Waals surface area contributed by atoms with Gasteiger partial charge in [-0.3, -0.25) is 0 Å². The lowest BCUT2D eigenvalue weighted by Crippen LogP contribution is -2.24. The van der Waals surface area contributed by atoms with Crippen LogP contribution in [0.2, 0.25) is 0 Å². The molecular formula is C11H19N5O. The van der Waals surface area contributed by atoms with E-state index in [2.05, 4.69) is 20.8 Å². The number of nitrogens with one attached hydrogen (secondary N) is 1. The summed E-state index contributed by atoms with van der Waals surface area (Å²) in [7, 11) is 0.